The summed E-state index contributed by atoms with van der Waals surface area (Å²) in [6.45, 7) is 2.41. The molecule has 1 saturated heterocycles. The van der Waals surface area contributed by atoms with Gasteiger partial charge in [0.25, 0.3) is 0 Å². The van der Waals surface area contributed by atoms with Crippen molar-refractivity contribution in [2.75, 3.05) is 38.0 Å². The van der Waals surface area contributed by atoms with Gasteiger partial charge in [0.1, 0.15) is 0 Å². The minimum atomic E-state index is -1.68. The topological polar surface area (TPSA) is 81.8 Å². The molecule has 26 heavy (non-hydrogen) atoms. The Morgan fingerprint density at radius 1 is 1.23 bits per heavy atom. The van der Waals surface area contributed by atoms with Crippen molar-refractivity contribution >= 4 is 23.5 Å². The zero-order valence-corrected chi connectivity index (χ0v) is 14.2. The summed E-state index contributed by atoms with van der Waals surface area (Å²) >= 11 is 0. The number of rotatable bonds is 7. The van der Waals surface area contributed by atoms with E-state index < -0.39 is 41.0 Å². The van der Waals surface area contributed by atoms with Gasteiger partial charge < -0.3 is 10.6 Å². The molecule has 10 heteroatoms. The number of nitrogens with one attached hydrogen (secondary N) is 2. The van der Waals surface area contributed by atoms with Crippen molar-refractivity contribution in [1.29, 1.82) is 0 Å². The summed E-state index contributed by atoms with van der Waals surface area (Å²) in [7, 11) is 0. The summed E-state index contributed by atoms with van der Waals surface area (Å²) < 4.78 is 39.7. The van der Waals surface area contributed by atoms with E-state index in [1.54, 1.807) is 0 Å². The molecule has 2 rings (SSSR count). The first-order chi connectivity index (χ1) is 12.3. The van der Waals surface area contributed by atoms with Gasteiger partial charge in [-0.25, -0.2) is 18.0 Å². The zero-order chi connectivity index (χ0) is 19.3. The Balaban J connectivity index is 1.98. The highest BCUT2D eigenvalue weighted by Gasteiger charge is 2.27. The lowest BCUT2D eigenvalue weighted by Crippen LogP contribution is -2.44. The largest absolute Gasteiger partial charge is 0.336 e. The van der Waals surface area contributed by atoms with Gasteiger partial charge in [-0.1, -0.05) is 6.92 Å². The molecule has 0 atom stereocenters. The summed E-state index contributed by atoms with van der Waals surface area (Å²) in [4.78, 5) is 38.3. The molecule has 0 spiro atoms. The van der Waals surface area contributed by atoms with Crippen LogP contribution in [0.25, 0.3) is 0 Å². The first-order valence-corrected chi connectivity index (χ1v) is 8.07. The van der Waals surface area contributed by atoms with Crippen LogP contribution in [0.1, 0.15) is 13.3 Å². The Morgan fingerprint density at radius 3 is 2.58 bits per heavy atom. The van der Waals surface area contributed by atoms with Crippen LogP contribution in [-0.4, -0.2) is 60.4 Å². The van der Waals surface area contributed by atoms with Crippen molar-refractivity contribution in [2.45, 2.75) is 13.3 Å². The fourth-order valence-electron chi connectivity index (χ4n) is 2.53. The second kappa shape index (κ2) is 8.65. The van der Waals surface area contributed by atoms with Gasteiger partial charge in [0.05, 0.1) is 18.8 Å². The summed E-state index contributed by atoms with van der Waals surface area (Å²) in [5.41, 5.74) is -0.490. The van der Waals surface area contributed by atoms with Crippen LogP contribution >= 0.6 is 0 Å². The Labute approximate surface area is 148 Å². The molecule has 0 bridgehead atoms. The highest BCUT2D eigenvalue weighted by Crippen LogP contribution is 2.19. The number of imide groups is 1. The van der Waals surface area contributed by atoms with Gasteiger partial charge in [-0.3, -0.25) is 19.4 Å². The number of amides is 4. The minimum absolute atomic E-state index is 0.172. The highest BCUT2D eigenvalue weighted by atomic mass is 19.2. The van der Waals surface area contributed by atoms with Crippen LogP contribution in [0, 0.1) is 17.5 Å². The lowest BCUT2D eigenvalue weighted by atomic mass is 10.2. The van der Waals surface area contributed by atoms with E-state index in [0.29, 0.717) is 25.6 Å². The Bertz CT molecular complexity index is 714. The van der Waals surface area contributed by atoms with Gasteiger partial charge in [0, 0.05) is 13.1 Å². The van der Waals surface area contributed by atoms with Crippen molar-refractivity contribution in [3.63, 3.8) is 0 Å². The number of hydrogen-bond acceptors (Lipinski definition) is 4. The maximum Gasteiger partial charge on any atom is 0.324 e. The molecular formula is C16H19F3N4O3. The molecule has 1 aromatic carbocycles. The summed E-state index contributed by atoms with van der Waals surface area (Å²) in [5.74, 6) is -5.68. The molecule has 1 aliphatic heterocycles. The molecule has 1 aliphatic rings. The summed E-state index contributed by atoms with van der Waals surface area (Å²) in [6, 6.07) is 1.13. The average Bonchev–Trinajstić information content (AvgIpc) is 3.02. The molecule has 0 saturated carbocycles. The number of hydrogen-bond donors (Lipinski definition) is 2. The number of carbonyl (C=O) groups excluding carboxylic acids is 3. The second-order valence-electron chi connectivity index (χ2n) is 5.76. The van der Waals surface area contributed by atoms with Gasteiger partial charge in [0.15, 0.2) is 17.5 Å². The monoisotopic (exact) mass is 372 g/mol. The number of nitrogens with zero attached hydrogens (tertiary/aromatic N) is 2. The predicted molar refractivity (Wildman–Crippen MR) is 86.8 cm³/mol. The van der Waals surface area contributed by atoms with Crippen LogP contribution in [0.3, 0.4) is 0 Å². The third-order valence-corrected chi connectivity index (χ3v) is 3.73. The van der Waals surface area contributed by atoms with Gasteiger partial charge in [0.2, 0.25) is 11.8 Å². The van der Waals surface area contributed by atoms with Crippen molar-refractivity contribution in [3.05, 3.63) is 29.6 Å². The molecule has 0 radical (unpaired) electrons. The van der Waals surface area contributed by atoms with Crippen molar-refractivity contribution in [2.24, 2.45) is 0 Å². The Morgan fingerprint density at radius 2 is 1.96 bits per heavy atom. The minimum Gasteiger partial charge on any atom is -0.336 e. The van der Waals surface area contributed by atoms with E-state index in [1.807, 2.05) is 6.92 Å². The van der Waals surface area contributed by atoms with E-state index in [2.05, 4.69) is 10.6 Å². The van der Waals surface area contributed by atoms with Gasteiger partial charge in [-0.15, -0.1) is 0 Å². The number of urea groups is 1. The van der Waals surface area contributed by atoms with Crippen LogP contribution in [0.2, 0.25) is 0 Å². The van der Waals surface area contributed by atoms with Crippen molar-refractivity contribution in [1.82, 2.24) is 15.1 Å². The van der Waals surface area contributed by atoms with Crippen LogP contribution in [0.4, 0.5) is 23.7 Å². The van der Waals surface area contributed by atoms with Crippen molar-refractivity contribution in [3.8, 4) is 0 Å². The number of anilines is 1. The van der Waals surface area contributed by atoms with Crippen LogP contribution < -0.4 is 10.6 Å². The second-order valence-corrected chi connectivity index (χ2v) is 5.76. The van der Waals surface area contributed by atoms with Gasteiger partial charge in [-0.2, -0.15) is 0 Å². The number of carbonyl (C=O) groups is 3. The third kappa shape index (κ3) is 4.72. The van der Waals surface area contributed by atoms with E-state index in [0.717, 1.165) is 11.0 Å². The van der Waals surface area contributed by atoms with E-state index >= 15 is 0 Å². The van der Waals surface area contributed by atoms with E-state index in [1.165, 1.54) is 4.90 Å². The quantitative estimate of drug-likeness (QED) is 0.707. The molecule has 7 nitrogen and oxygen atoms in total. The van der Waals surface area contributed by atoms with E-state index in [4.69, 9.17) is 0 Å². The third-order valence-electron chi connectivity index (χ3n) is 3.73. The van der Waals surface area contributed by atoms with Gasteiger partial charge >= 0.3 is 6.03 Å². The fraction of sp³-hybridized carbons (Fsp3) is 0.438. The molecule has 1 heterocycles. The smallest absolute Gasteiger partial charge is 0.324 e. The first kappa shape index (κ1) is 19.7. The number of halogens is 3. The molecule has 2 N–H and O–H groups in total. The standard InChI is InChI=1S/C16H19F3N4O3/c1-2-6-22(9-13(25)23-7-5-20-16(23)26)8-12(24)21-11-4-3-10(17)14(18)15(11)19/h3-4H,2,5-9H2,1H3,(H,20,26)(H,21,24). The van der Waals surface area contributed by atoms with Crippen molar-refractivity contribution < 1.29 is 27.6 Å². The summed E-state index contributed by atoms with van der Waals surface area (Å²) in [5, 5.41) is 4.66. The van der Waals surface area contributed by atoms with Crippen LogP contribution in [0.15, 0.2) is 12.1 Å². The van der Waals surface area contributed by atoms with Crippen LogP contribution in [-0.2, 0) is 9.59 Å². The first-order valence-electron chi connectivity index (χ1n) is 8.07. The highest BCUT2D eigenvalue weighted by molar-refractivity contribution is 5.97. The lowest BCUT2D eigenvalue weighted by Gasteiger charge is -2.22. The number of benzene rings is 1. The molecule has 1 aromatic rings. The average molecular weight is 372 g/mol. The van der Waals surface area contributed by atoms with Gasteiger partial charge in [-0.05, 0) is 25.1 Å². The maximum atomic E-state index is 13.6. The zero-order valence-electron chi connectivity index (χ0n) is 14.2. The molecule has 0 aliphatic carbocycles. The van der Waals surface area contributed by atoms with Crippen LogP contribution in [0.5, 0.6) is 0 Å². The molecular weight excluding hydrogens is 353 g/mol. The SMILES string of the molecule is CCCN(CC(=O)Nc1ccc(F)c(F)c1F)CC(=O)N1CCNC1=O. The van der Waals surface area contributed by atoms with E-state index in [-0.39, 0.29) is 19.6 Å². The Kier molecular flexibility index (Phi) is 6.56. The summed E-state index contributed by atoms with van der Waals surface area (Å²) in [6.07, 6.45) is 0.631. The predicted octanol–water partition coefficient (Wildman–Crippen LogP) is 1.31. The molecule has 4 amide bonds. The molecule has 0 aromatic heterocycles. The normalized spacial score (nSPS) is 13.9. The molecule has 142 valence electrons. The lowest BCUT2D eigenvalue weighted by molar-refractivity contribution is -0.129. The molecule has 1 fully saturated rings. The maximum absolute atomic E-state index is 13.6. The fourth-order valence-corrected chi connectivity index (χ4v) is 2.53. The Hall–Kier alpha value is -2.62. The van der Waals surface area contributed by atoms with E-state index in [9.17, 15) is 27.6 Å². The molecule has 0 unspecified atom stereocenters.